The van der Waals surface area contributed by atoms with Crippen molar-refractivity contribution in [2.24, 2.45) is 0 Å². The highest BCUT2D eigenvalue weighted by atomic mass is 16.5. The van der Waals surface area contributed by atoms with Crippen molar-refractivity contribution in [3.63, 3.8) is 0 Å². The monoisotopic (exact) mass is 323 g/mol. The highest BCUT2D eigenvalue weighted by molar-refractivity contribution is 5.80. The van der Waals surface area contributed by atoms with Crippen molar-refractivity contribution in [2.45, 2.75) is 44.3 Å². The zero-order valence-electron chi connectivity index (χ0n) is 13.5. The van der Waals surface area contributed by atoms with Crippen LogP contribution in [-0.2, 0) is 11.2 Å². The van der Waals surface area contributed by atoms with Crippen LogP contribution in [0.25, 0.3) is 0 Å². The third-order valence-electron chi connectivity index (χ3n) is 4.01. The van der Waals surface area contributed by atoms with Crippen LogP contribution in [0.15, 0.2) is 18.2 Å². The Bertz CT molecular complexity index is 514. The first kappa shape index (κ1) is 17.6. The summed E-state index contributed by atoms with van der Waals surface area (Å²) in [5.74, 6) is 0.877. The standard InChI is InChI=1S/C17H25NO5/c1-22-15-7-6-12(8-9-18-17(21)14(20)11-19)10-16(15)23-13-4-2-3-5-13/h6-7,10,13-14,19-20H,2-5,8-9,11H2,1H3,(H,18,21)/t14-/m1/s1. The maximum Gasteiger partial charge on any atom is 0.251 e. The summed E-state index contributed by atoms with van der Waals surface area (Å²) in [7, 11) is 1.62. The third-order valence-corrected chi connectivity index (χ3v) is 4.01. The average molecular weight is 323 g/mol. The molecule has 0 heterocycles. The average Bonchev–Trinajstić information content (AvgIpc) is 3.07. The molecule has 2 rings (SSSR count). The van der Waals surface area contributed by atoms with E-state index in [4.69, 9.17) is 14.6 Å². The van der Waals surface area contributed by atoms with Gasteiger partial charge in [-0.1, -0.05) is 6.07 Å². The largest absolute Gasteiger partial charge is 0.493 e. The van der Waals surface area contributed by atoms with Crippen LogP contribution < -0.4 is 14.8 Å². The quantitative estimate of drug-likeness (QED) is 0.665. The van der Waals surface area contributed by atoms with E-state index >= 15 is 0 Å². The Hall–Kier alpha value is -1.79. The molecule has 1 aliphatic carbocycles. The molecule has 0 radical (unpaired) electrons. The zero-order chi connectivity index (χ0) is 16.7. The van der Waals surface area contributed by atoms with Crippen LogP contribution in [0.4, 0.5) is 0 Å². The predicted molar refractivity (Wildman–Crippen MR) is 85.7 cm³/mol. The number of benzene rings is 1. The van der Waals surface area contributed by atoms with E-state index in [9.17, 15) is 9.90 Å². The van der Waals surface area contributed by atoms with Crippen molar-refractivity contribution in [1.82, 2.24) is 5.32 Å². The molecule has 1 fully saturated rings. The second-order valence-electron chi connectivity index (χ2n) is 5.75. The van der Waals surface area contributed by atoms with E-state index in [0.29, 0.717) is 18.7 Å². The summed E-state index contributed by atoms with van der Waals surface area (Å²) < 4.78 is 11.4. The van der Waals surface area contributed by atoms with Gasteiger partial charge >= 0.3 is 0 Å². The van der Waals surface area contributed by atoms with Crippen LogP contribution in [0.3, 0.4) is 0 Å². The molecule has 0 aromatic heterocycles. The molecule has 3 N–H and O–H groups in total. The molecule has 1 atom stereocenters. The van der Waals surface area contributed by atoms with Gasteiger partial charge in [0.05, 0.1) is 19.8 Å². The van der Waals surface area contributed by atoms with Crippen molar-refractivity contribution >= 4 is 5.91 Å². The molecule has 6 nitrogen and oxygen atoms in total. The molecule has 128 valence electrons. The fraction of sp³-hybridized carbons (Fsp3) is 0.588. The van der Waals surface area contributed by atoms with Gasteiger partial charge in [-0.15, -0.1) is 0 Å². The van der Waals surface area contributed by atoms with Gasteiger partial charge in [0, 0.05) is 6.54 Å². The number of aliphatic hydroxyl groups excluding tert-OH is 2. The lowest BCUT2D eigenvalue weighted by Gasteiger charge is -2.17. The third kappa shape index (κ3) is 5.11. The second-order valence-corrected chi connectivity index (χ2v) is 5.75. The van der Waals surface area contributed by atoms with Crippen molar-refractivity contribution in [3.8, 4) is 11.5 Å². The Labute approximate surface area is 136 Å². The number of methoxy groups -OCH3 is 1. The van der Waals surface area contributed by atoms with Crippen LogP contribution in [0.2, 0.25) is 0 Å². The maximum atomic E-state index is 11.4. The van der Waals surface area contributed by atoms with Crippen LogP contribution in [0.1, 0.15) is 31.2 Å². The van der Waals surface area contributed by atoms with Crippen LogP contribution in [0.5, 0.6) is 11.5 Å². The van der Waals surface area contributed by atoms with E-state index in [1.807, 2.05) is 18.2 Å². The van der Waals surface area contributed by atoms with Crippen LogP contribution in [-0.4, -0.2) is 48.6 Å². The molecule has 0 aliphatic heterocycles. The Balaban J connectivity index is 1.92. The van der Waals surface area contributed by atoms with Gasteiger partial charge in [-0.3, -0.25) is 4.79 Å². The molecule has 6 heteroatoms. The molecular weight excluding hydrogens is 298 g/mol. The fourth-order valence-electron chi connectivity index (χ4n) is 2.69. The molecule has 1 aromatic rings. The topological polar surface area (TPSA) is 88.0 Å². The number of hydrogen-bond acceptors (Lipinski definition) is 5. The summed E-state index contributed by atoms with van der Waals surface area (Å²) in [6.07, 6.45) is 4.03. The van der Waals surface area contributed by atoms with E-state index in [1.54, 1.807) is 7.11 Å². The summed E-state index contributed by atoms with van der Waals surface area (Å²) in [6, 6.07) is 5.73. The van der Waals surface area contributed by atoms with Gasteiger partial charge in [-0.25, -0.2) is 0 Å². The lowest BCUT2D eigenvalue weighted by molar-refractivity contribution is -0.131. The van der Waals surface area contributed by atoms with E-state index in [1.165, 1.54) is 12.8 Å². The second kappa shape index (κ2) is 8.74. The highest BCUT2D eigenvalue weighted by Gasteiger charge is 2.18. The lowest BCUT2D eigenvalue weighted by Crippen LogP contribution is -2.37. The Kier molecular flexibility index (Phi) is 6.67. The van der Waals surface area contributed by atoms with E-state index in [-0.39, 0.29) is 6.10 Å². The maximum absolute atomic E-state index is 11.4. The summed E-state index contributed by atoms with van der Waals surface area (Å²) in [5.41, 5.74) is 1.01. The van der Waals surface area contributed by atoms with Gasteiger partial charge in [0.15, 0.2) is 17.6 Å². The molecule has 1 aliphatic rings. The van der Waals surface area contributed by atoms with E-state index in [2.05, 4.69) is 5.32 Å². The van der Waals surface area contributed by atoms with E-state index < -0.39 is 18.6 Å². The summed E-state index contributed by atoms with van der Waals surface area (Å²) in [4.78, 5) is 11.4. The first-order chi connectivity index (χ1) is 11.1. The van der Waals surface area contributed by atoms with Gasteiger partial charge in [0.2, 0.25) is 0 Å². The first-order valence-corrected chi connectivity index (χ1v) is 8.04. The fourth-order valence-corrected chi connectivity index (χ4v) is 2.69. The molecular formula is C17H25NO5. The number of carbonyl (C=O) groups excluding carboxylic acids is 1. The van der Waals surface area contributed by atoms with Gasteiger partial charge in [0.25, 0.3) is 5.91 Å². The SMILES string of the molecule is COc1ccc(CCNC(=O)[C@H](O)CO)cc1OC1CCCC1. The number of hydrogen-bond donors (Lipinski definition) is 3. The van der Waals surface area contributed by atoms with Crippen molar-refractivity contribution in [1.29, 1.82) is 0 Å². The lowest BCUT2D eigenvalue weighted by atomic mass is 10.1. The van der Waals surface area contributed by atoms with Crippen LogP contribution in [0, 0.1) is 0 Å². The summed E-state index contributed by atoms with van der Waals surface area (Å²) in [5, 5.41) is 20.5. The Morgan fingerprint density at radius 1 is 1.35 bits per heavy atom. The molecule has 1 amide bonds. The number of amides is 1. The van der Waals surface area contributed by atoms with Crippen molar-refractivity contribution in [3.05, 3.63) is 23.8 Å². The summed E-state index contributed by atoms with van der Waals surface area (Å²) in [6.45, 7) is -0.196. The molecule has 0 unspecified atom stereocenters. The van der Waals surface area contributed by atoms with Gasteiger partial charge < -0.3 is 25.0 Å². The smallest absolute Gasteiger partial charge is 0.251 e. The zero-order valence-corrected chi connectivity index (χ0v) is 13.5. The number of rotatable bonds is 8. The molecule has 1 aromatic carbocycles. The minimum Gasteiger partial charge on any atom is -0.493 e. The number of nitrogens with one attached hydrogen (secondary N) is 1. The van der Waals surface area contributed by atoms with E-state index in [0.717, 1.165) is 24.2 Å². The minimum absolute atomic E-state index is 0.249. The molecule has 0 spiro atoms. The molecule has 0 bridgehead atoms. The number of carbonyl (C=O) groups is 1. The molecule has 0 saturated heterocycles. The first-order valence-electron chi connectivity index (χ1n) is 8.04. The van der Waals surface area contributed by atoms with Crippen LogP contribution >= 0.6 is 0 Å². The van der Waals surface area contributed by atoms with Gasteiger partial charge in [0.1, 0.15) is 0 Å². The minimum atomic E-state index is -1.37. The Morgan fingerprint density at radius 3 is 2.74 bits per heavy atom. The van der Waals surface area contributed by atoms with Crippen molar-refractivity contribution in [2.75, 3.05) is 20.3 Å². The van der Waals surface area contributed by atoms with Gasteiger partial charge in [-0.2, -0.15) is 0 Å². The molecule has 1 saturated carbocycles. The number of aliphatic hydroxyl groups is 2. The number of ether oxygens (including phenoxy) is 2. The van der Waals surface area contributed by atoms with Crippen molar-refractivity contribution < 1.29 is 24.5 Å². The predicted octanol–water partition coefficient (Wildman–Crippen LogP) is 1.03. The normalized spacial score (nSPS) is 16.1. The Morgan fingerprint density at radius 2 is 2.09 bits per heavy atom. The summed E-state index contributed by atoms with van der Waals surface area (Å²) >= 11 is 0. The molecule has 23 heavy (non-hydrogen) atoms. The highest BCUT2D eigenvalue weighted by Crippen LogP contribution is 2.32. The van der Waals surface area contributed by atoms with Gasteiger partial charge in [-0.05, 0) is 49.8 Å².